The highest BCUT2D eigenvalue weighted by atomic mass is 32.2. The van der Waals surface area contributed by atoms with Gasteiger partial charge in [-0.3, -0.25) is 0 Å². The molecular formula is C24H29N3O4S. The number of urea groups is 1. The van der Waals surface area contributed by atoms with E-state index in [-0.39, 0.29) is 29.9 Å². The Morgan fingerprint density at radius 3 is 2.66 bits per heavy atom. The Hall–Kier alpha value is -2.58. The minimum absolute atomic E-state index is 0.0169. The Morgan fingerprint density at radius 2 is 1.88 bits per heavy atom. The first-order valence-electron chi connectivity index (χ1n) is 11.3. The van der Waals surface area contributed by atoms with Crippen LogP contribution in [0.2, 0.25) is 0 Å². The van der Waals surface area contributed by atoms with Crippen LogP contribution in [0.15, 0.2) is 48.5 Å². The molecule has 2 bridgehead atoms. The number of nitrogens with one attached hydrogen (secondary N) is 1. The lowest BCUT2D eigenvalue weighted by molar-refractivity contribution is 0.0546. The van der Waals surface area contributed by atoms with Crippen LogP contribution in [-0.4, -0.2) is 67.8 Å². The Bertz CT molecular complexity index is 1120. The molecule has 0 radical (unpaired) electrons. The molecule has 0 aliphatic carbocycles. The van der Waals surface area contributed by atoms with Gasteiger partial charge in [0.2, 0.25) is 10.0 Å². The number of hydrogen-bond donors (Lipinski definition) is 1. The molecule has 8 heteroatoms. The molecule has 1 N–H and O–H groups in total. The van der Waals surface area contributed by atoms with E-state index in [1.807, 2.05) is 40.1 Å². The van der Waals surface area contributed by atoms with Crippen LogP contribution in [0.3, 0.4) is 0 Å². The summed E-state index contributed by atoms with van der Waals surface area (Å²) in [4.78, 5) is 17.2. The molecule has 2 unspecified atom stereocenters. The van der Waals surface area contributed by atoms with Gasteiger partial charge in [-0.2, -0.15) is 0 Å². The summed E-state index contributed by atoms with van der Waals surface area (Å²) >= 11 is 0. The number of para-hydroxylation sites is 1. The summed E-state index contributed by atoms with van der Waals surface area (Å²) in [6, 6.07) is 15.7. The SMILES string of the molecule is CCS(=O)(=O)NC1CCN2C(=O)N3CC[C@@H]3COc3ccccc3-c3cccc(c3)CC12. The van der Waals surface area contributed by atoms with Gasteiger partial charge in [-0.05, 0) is 43.4 Å². The van der Waals surface area contributed by atoms with Crippen LogP contribution in [0.25, 0.3) is 11.1 Å². The Labute approximate surface area is 189 Å². The van der Waals surface area contributed by atoms with Crippen molar-refractivity contribution < 1.29 is 17.9 Å². The fraction of sp³-hybridized carbons (Fsp3) is 0.458. The molecule has 32 heavy (non-hydrogen) atoms. The third-order valence-corrected chi connectivity index (χ3v) is 8.32. The predicted octanol–water partition coefficient (Wildman–Crippen LogP) is 2.87. The highest BCUT2D eigenvalue weighted by Crippen LogP contribution is 2.34. The van der Waals surface area contributed by atoms with E-state index >= 15 is 0 Å². The van der Waals surface area contributed by atoms with Gasteiger partial charge in [0.25, 0.3) is 0 Å². The van der Waals surface area contributed by atoms with Crippen LogP contribution in [0, 0.1) is 0 Å². The van der Waals surface area contributed by atoms with Crippen molar-refractivity contribution >= 4 is 16.1 Å². The Morgan fingerprint density at radius 1 is 1.06 bits per heavy atom. The molecule has 2 saturated heterocycles. The maximum absolute atomic E-state index is 13.5. The molecule has 2 fully saturated rings. The number of benzene rings is 2. The molecule has 0 spiro atoms. The Kier molecular flexibility index (Phi) is 5.59. The van der Waals surface area contributed by atoms with E-state index in [0.29, 0.717) is 32.5 Å². The molecule has 5 rings (SSSR count). The van der Waals surface area contributed by atoms with E-state index < -0.39 is 10.0 Å². The van der Waals surface area contributed by atoms with Crippen LogP contribution in [0.1, 0.15) is 25.3 Å². The molecule has 3 aliphatic rings. The lowest BCUT2D eigenvalue weighted by Crippen LogP contribution is -2.60. The average molecular weight is 456 g/mol. The number of sulfonamides is 1. The van der Waals surface area contributed by atoms with E-state index in [1.165, 1.54) is 0 Å². The molecule has 2 amide bonds. The van der Waals surface area contributed by atoms with Crippen molar-refractivity contribution in [3.05, 3.63) is 54.1 Å². The summed E-state index contributed by atoms with van der Waals surface area (Å²) in [5.41, 5.74) is 3.16. The summed E-state index contributed by atoms with van der Waals surface area (Å²) in [6.07, 6.45) is 2.12. The molecule has 0 saturated carbocycles. The fourth-order valence-corrected chi connectivity index (χ4v) is 5.85. The third-order valence-electron chi connectivity index (χ3n) is 6.89. The monoisotopic (exact) mass is 455 g/mol. The first-order chi connectivity index (χ1) is 15.4. The van der Waals surface area contributed by atoms with Crippen molar-refractivity contribution in [2.24, 2.45) is 0 Å². The number of fused-ring (bicyclic) bond motifs is 6. The molecule has 3 heterocycles. The minimum Gasteiger partial charge on any atom is -0.491 e. The van der Waals surface area contributed by atoms with Crippen LogP contribution < -0.4 is 9.46 Å². The van der Waals surface area contributed by atoms with Gasteiger partial charge in [0.15, 0.2) is 0 Å². The van der Waals surface area contributed by atoms with Crippen molar-refractivity contribution in [2.45, 2.75) is 44.3 Å². The second-order valence-corrected chi connectivity index (χ2v) is 10.8. The molecule has 3 aliphatic heterocycles. The van der Waals surface area contributed by atoms with Gasteiger partial charge in [-0.15, -0.1) is 0 Å². The highest BCUT2D eigenvalue weighted by Gasteiger charge is 2.43. The van der Waals surface area contributed by atoms with Crippen LogP contribution in [-0.2, 0) is 16.4 Å². The number of ether oxygens (including phenoxy) is 1. The van der Waals surface area contributed by atoms with E-state index in [0.717, 1.165) is 28.9 Å². The van der Waals surface area contributed by atoms with Gasteiger partial charge < -0.3 is 14.5 Å². The van der Waals surface area contributed by atoms with Crippen molar-refractivity contribution in [2.75, 3.05) is 25.4 Å². The lowest BCUT2D eigenvalue weighted by Gasteiger charge is -2.44. The summed E-state index contributed by atoms with van der Waals surface area (Å²) < 4.78 is 33.7. The fourth-order valence-electron chi connectivity index (χ4n) is 4.95. The van der Waals surface area contributed by atoms with Crippen molar-refractivity contribution in [1.29, 1.82) is 0 Å². The minimum atomic E-state index is -3.37. The molecule has 0 aromatic heterocycles. The highest BCUT2D eigenvalue weighted by molar-refractivity contribution is 7.89. The summed E-state index contributed by atoms with van der Waals surface area (Å²) in [7, 11) is -3.37. The molecule has 170 valence electrons. The second-order valence-electron chi connectivity index (χ2n) is 8.81. The zero-order valence-corrected chi connectivity index (χ0v) is 19.1. The van der Waals surface area contributed by atoms with Gasteiger partial charge >= 0.3 is 6.03 Å². The standard InChI is InChI=1S/C24H29N3O4S/c1-2-32(29,30)25-21-11-13-27-22(21)15-17-6-5-7-18(14-17)20-8-3-4-9-23(20)31-16-19-10-12-26(19)24(27)28/h3-9,14,19,21-22,25H,2,10-13,15-16H2,1H3/t19-,21?,22?/m1/s1. The normalized spacial score (nSPS) is 25.3. The summed E-state index contributed by atoms with van der Waals surface area (Å²) in [5, 5.41) is 0. The quantitative estimate of drug-likeness (QED) is 0.772. The number of carbonyl (C=O) groups is 1. The largest absolute Gasteiger partial charge is 0.491 e. The molecule has 2 aromatic carbocycles. The maximum atomic E-state index is 13.5. The molecule has 3 atom stereocenters. The number of hydrogen-bond acceptors (Lipinski definition) is 4. The predicted molar refractivity (Wildman–Crippen MR) is 123 cm³/mol. The van der Waals surface area contributed by atoms with Gasteiger partial charge in [-0.1, -0.05) is 42.5 Å². The van der Waals surface area contributed by atoms with Gasteiger partial charge in [0.05, 0.1) is 17.8 Å². The van der Waals surface area contributed by atoms with E-state index in [4.69, 9.17) is 4.74 Å². The van der Waals surface area contributed by atoms with E-state index in [2.05, 4.69) is 22.9 Å². The number of rotatable bonds is 3. The first-order valence-corrected chi connectivity index (χ1v) is 13.0. The van der Waals surface area contributed by atoms with Crippen LogP contribution >= 0.6 is 0 Å². The van der Waals surface area contributed by atoms with Gasteiger partial charge in [0, 0.05) is 24.7 Å². The Balaban J connectivity index is 1.54. The van der Waals surface area contributed by atoms with Crippen LogP contribution in [0.4, 0.5) is 4.79 Å². The number of carbonyl (C=O) groups excluding carboxylic acids is 1. The van der Waals surface area contributed by atoms with E-state index in [1.54, 1.807) is 6.92 Å². The lowest BCUT2D eigenvalue weighted by atomic mass is 9.96. The zero-order chi connectivity index (χ0) is 22.3. The zero-order valence-electron chi connectivity index (χ0n) is 18.2. The van der Waals surface area contributed by atoms with Gasteiger partial charge in [-0.25, -0.2) is 17.9 Å². The summed E-state index contributed by atoms with van der Waals surface area (Å²) in [5.74, 6) is 0.847. The van der Waals surface area contributed by atoms with Crippen LogP contribution in [0.5, 0.6) is 5.75 Å². The first kappa shape index (κ1) is 21.3. The van der Waals surface area contributed by atoms with Crippen molar-refractivity contribution in [3.8, 4) is 16.9 Å². The van der Waals surface area contributed by atoms with Crippen molar-refractivity contribution in [3.63, 3.8) is 0 Å². The summed E-state index contributed by atoms with van der Waals surface area (Å²) in [6.45, 7) is 3.34. The third kappa shape index (κ3) is 3.97. The van der Waals surface area contributed by atoms with Crippen molar-refractivity contribution in [1.82, 2.24) is 14.5 Å². The van der Waals surface area contributed by atoms with Gasteiger partial charge in [0.1, 0.15) is 12.4 Å². The topological polar surface area (TPSA) is 79.0 Å². The number of amides is 2. The maximum Gasteiger partial charge on any atom is 0.320 e. The smallest absolute Gasteiger partial charge is 0.320 e. The molecular weight excluding hydrogens is 426 g/mol. The van der Waals surface area contributed by atoms with E-state index in [9.17, 15) is 13.2 Å². The average Bonchev–Trinajstić information content (AvgIpc) is 3.14. The second kappa shape index (κ2) is 8.41. The number of nitrogens with zero attached hydrogens (tertiary/aromatic N) is 2. The molecule has 2 aromatic rings. The molecule has 7 nitrogen and oxygen atoms in total.